The van der Waals surface area contributed by atoms with E-state index in [-0.39, 0.29) is 5.69 Å². The monoisotopic (exact) mass is 253 g/mol. The quantitative estimate of drug-likeness (QED) is 0.872. The number of pyridine rings is 1. The molecule has 0 bridgehead atoms. The van der Waals surface area contributed by atoms with E-state index in [1.807, 2.05) is 6.07 Å². The molecule has 1 aromatic carbocycles. The van der Waals surface area contributed by atoms with Gasteiger partial charge in [0.2, 0.25) is 0 Å². The topological polar surface area (TPSA) is 86.0 Å². The minimum Gasteiger partial charge on any atom is -0.477 e. The molecule has 0 aliphatic rings. The number of nitrogens with one attached hydrogen (secondary N) is 1. The maximum atomic E-state index is 10.8. The van der Waals surface area contributed by atoms with Gasteiger partial charge < -0.3 is 10.4 Å². The number of hydrogen-bond acceptors (Lipinski definition) is 4. The van der Waals surface area contributed by atoms with Crippen molar-refractivity contribution in [3.8, 4) is 6.07 Å². The average Bonchev–Trinajstić information content (AvgIpc) is 2.45. The molecule has 2 rings (SSSR count). The van der Waals surface area contributed by atoms with Crippen molar-refractivity contribution in [2.24, 2.45) is 0 Å². The summed E-state index contributed by atoms with van der Waals surface area (Å²) in [6.45, 7) is 0.478. The van der Waals surface area contributed by atoms with Crippen LogP contribution in [0.5, 0.6) is 0 Å². The van der Waals surface area contributed by atoms with Gasteiger partial charge in [-0.2, -0.15) is 5.26 Å². The van der Waals surface area contributed by atoms with Gasteiger partial charge in [0.15, 0.2) is 5.69 Å². The summed E-state index contributed by atoms with van der Waals surface area (Å²) in [6.07, 6.45) is 0. The van der Waals surface area contributed by atoms with Crippen molar-refractivity contribution in [2.75, 3.05) is 5.32 Å². The molecule has 5 nitrogen and oxygen atoms in total. The van der Waals surface area contributed by atoms with E-state index in [4.69, 9.17) is 10.4 Å². The number of aromatic carboxylic acids is 1. The minimum atomic E-state index is -1.06. The van der Waals surface area contributed by atoms with Crippen LogP contribution < -0.4 is 5.32 Å². The van der Waals surface area contributed by atoms with Crippen LogP contribution in [-0.2, 0) is 6.54 Å². The third-order valence-electron chi connectivity index (χ3n) is 2.50. The lowest BCUT2D eigenvalue weighted by molar-refractivity contribution is 0.0690. The standard InChI is InChI=1S/C14H11N3O2/c15-8-10-3-1-4-11(7-10)9-16-13-6-2-5-12(17-13)14(18)19/h1-7H,9H2,(H,16,17)(H,18,19). The Morgan fingerprint density at radius 1 is 1.32 bits per heavy atom. The highest BCUT2D eigenvalue weighted by Crippen LogP contribution is 2.09. The Labute approximate surface area is 110 Å². The number of aromatic nitrogens is 1. The van der Waals surface area contributed by atoms with Crippen molar-refractivity contribution < 1.29 is 9.90 Å². The third-order valence-corrected chi connectivity index (χ3v) is 2.50. The number of nitriles is 1. The first kappa shape index (κ1) is 12.6. The van der Waals surface area contributed by atoms with Crippen molar-refractivity contribution in [1.82, 2.24) is 4.98 Å². The van der Waals surface area contributed by atoms with E-state index in [1.165, 1.54) is 6.07 Å². The summed E-state index contributed by atoms with van der Waals surface area (Å²) in [6, 6.07) is 14.0. The Morgan fingerprint density at radius 3 is 2.84 bits per heavy atom. The maximum Gasteiger partial charge on any atom is 0.354 e. The van der Waals surface area contributed by atoms with Crippen LogP contribution in [0.25, 0.3) is 0 Å². The molecular formula is C14H11N3O2. The summed E-state index contributed by atoms with van der Waals surface area (Å²) in [5.74, 6) is -0.572. The lowest BCUT2D eigenvalue weighted by Crippen LogP contribution is -2.05. The fourth-order valence-corrected chi connectivity index (χ4v) is 1.60. The molecule has 0 spiro atoms. The predicted molar refractivity (Wildman–Crippen MR) is 69.7 cm³/mol. The number of carbonyl (C=O) groups is 1. The van der Waals surface area contributed by atoms with E-state index in [0.29, 0.717) is 17.9 Å². The largest absolute Gasteiger partial charge is 0.477 e. The van der Waals surface area contributed by atoms with E-state index in [2.05, 4.69) is 16.4 Å². The molecule has 1 aromatic heterocycles. The molecule has 0 unspecified atom stereocenters. The van der Waals surface area contributed by atoms with E-state index in [1.54, 1.807) is 30.3 Å². The number of rotatable bonds is 4. The summed E-state index contributed by atoms with van der Waals surface area (Å²) in [7, 11) is 0. The predicted octanol–water partition coefficient (Wildman–Crippen LogP) is 2.26. The molecule has 2 aromatic rings. The zero-order valence-corrected chi connectivity index (χ0v) is 10.00. The molecule has 0 saturated carbocycles. The number of nitrogens with zero attached hydrogens (tertiary/aromatic N) is 2. The van der Waals surface area contributed by atoms with Crippen molar-refractivity contribution in [1.29, 1.82) is 5.26 Å². The molecule has 0 fully saturated rings. The average molecular weight is 253 g/mol. The van der Waals surface area contributed by atoms with Crippen molar-refractivity contribution >= 4 is 11.8 Å². The Morgan fingerprint density at radius 2 is 2.11 bits per heavy atom. The zero-order valence-electron chi connectivity index (χ0n) is 10.00. The second kappa shape index (κ2) is 5.65. The van der Waals surface area contributed by atoms with Gasteiger partial charge in [-0.15, -0.1) is 0 Å². The van der Waals surface area contributed by atoms with Gasteiger partial charge in [0.25, 0.3) is 0 Å². The number of hydrogen-bond donors (Lipinski definition) is 2. The van der Waals surface area contributed by atoms with Crippen LogP contribution in [-0.4, -0.2) is 16.1 Å². The second-order valence-electron chi connectivity index (χ2n) is 3.88. The zero-order chi connectivity index (χ0) is 13.7. The van der Waals surface area contributed by atoms with Crippen LogP contribution in [0.1, 0.15) is 21.6 Å². The normalized spacial score (nSPS) is 9.63. The van der Waals surface area contributed by atoms with Crippen LogP contribution in [0.3, 0.4) is 0 Å². The van der Waals surface area contributed by atoms with Crippen molar-refractivity contribution in [3.05, 3.63) is 59.3 Å². The number of carboxylic acid groups (broad SMARTS) is 1. The van der Waals surface area contributed by atoms with Gasteiger partial charge >= 0.3 is 5.97 Å². The highest BCUT2D eigenvalue weighted by molar-refractivity contribution is 5.85. The van der Waals surface area contributed by atoms with Gasteiger partial charge in [0.1, 0.15) is 5.82 Å². The minimum absolute atomic E-state index is 0.00391. The Balaban J connectivity index is 2.08. The summed E-state index contributed by atoms with van der Waals surface area (Å²) in [4.78, 5) is 14.7. The fourth-order valence-electron chi connectivity index (χ4n) is 1.60. The first-order valence-electron chi connectivity index (χ1n) is 5.62. The maximum absolute atomic E-state index is 10.8. The van der Waals surface area contributed by atoms with Crippen LogP contribution in [0, 0.1) is 11.3 Å². The molecule has 19 heavy (non-hydrogen) atoms. The molecule has 0 radical (unpaired) electrons. The third kappa shape index (κ3) is 3.30. The van der Waals surface area contributed by atoms with E-state index in [9.17, 15) is 4.79 Å². The molecule has 5 heteroatoms. The lowest BCUT2D eigenvalue weighted by atomic mass is 10.1. The molecule has 94 valence electrons. The molecule has 0 aliphatic heterocycles. The Hall–Kier alpha value is -2.87. The van der Waals surface area contributed by atoms with Crippen molar-refractivity contribution in [3.63, 3.8) is 0 Å². The van der Waals surface area contributed by atoms with E-state index < -0.39 is 5.97 Å². The van der Waals surface area contributed by atoms with Gasteiger partial charge in [0.05, 0.1) is 11.6 Å². The fraction of sp³-hybridized carbons (Fsp3) is 0.0714. The molecule has 0 amide bonds. The molecular weight excluding hydrogens is 242 g/mol. The van der Waals surface area contributed by atoms with Gasteiger partial charge in [-0.25, -0.2) is 9.78 Å². The Bertz CT molecular complexity index is 647. The van der Waals surface area contributed by atoms with Crippen LogP contribution in [0.4, 0.5) is 5.82 Å². The van der Waals surface area contributed by atoms with Crippen LogP contribution in [0.15, 0.2) is 42.5 Å². The highest BCUT2D eigenvalue weighted by atomic mass is 16.4. The van der Waals surface area contributed by atoms with Crippen molar-refractivity contribution in [2.45, 2.75) is 6.54 Å². The summed E-state index contributed by atoms with van der Waals surface area (Å²) in [5.41, 5.74) is 1.52. The van der Waals surface area contributed by atoms with Gasteiger partial charge in [-0.05, 0) is 29.8 Å². The summed E-state index contributed by atoms with van der Waals surface area (Å²) < 4.78 is 0. The van der Waals surface area contributed by atoms with Crippen LogP contribution in [0.2, 0.25) is 0 Å². The molecule has 1 heterocycles. The first-order chi connectivity index (χ1) is 9.19. The van der Waals surface area contributed by atoms with E-state index in [0.717, 1.165) is 5.56 Å². The summed E-state index contributed by atoms with van der Waals surface area (Å²) in [5, 5.41) is 20.7. The molecule has 0 atom stereocenters. The SMILES string of the molecule is N#Cc1cccc(CNc2cccc(C(=O)O)n2)c1. The lowest BCUT2D eigenvalue weighted by Gasteiger charge is -2.06. The van der Waals surface area contributed by atoms with Gasteiger partial charge in [-0.3, -0.25) is 0 Å². The molecule has 0 aliphatic carbocycles. The summed E-state index contributed by atoms with van der Waals surface area (Å²) >= 11 is 0. The Kier molecular flexibility index (Phi) is 3.74. The van der Waals surface area contributed by atoms with Crippen LogP contribution >= 0.6 is 0 Å². The van der Waals surface area contributed by atoms with E-state index >= 15 is 0 Å². The first-order valence-corrected chi connectivity index (χ1v) is 5.62. The number of benzene rings is 1. The van der Waals surface area contributed by atoms with Gasteiger partial charge in [-0.1, -0.05) is 18.2 Å². The number of anilines is 1. The second-order valence-corrected chi connectivity index (χ2v) is 3.88. The highest BCUT2D eigenvalue weighted by Gasteiger charge is 2.04. The molecule has 0 saturated heterocycles. The molecule has 2 N–H and O–H groups in total. The van der Waals surface area contributed by atoms with Gasteiger partial charge in [0, 0.05) is 6.54 Å². The number of carboxylic acids is 1. The smallest absolute Gasteiger partial charge is 0.354 e.